The van der Waals surface area contributed by atoms with E-state index in [0.29, 0.717) is 5.56 Å². The number of carbonyl (C=O) groups is 3. The van der Waals surface area contributed by atoms with Crippen molar-refractivity contribution in [3.8, 4) is 0 Å². The van der Waals surface area contributed by atoms with E-state index in [9.17, 15) is 14.4 Å². The largest absolute Gasteiger partial charge is 0.451 e. The third-order valence-corrected chi connectivity index (χ3v) is 4.50. The summed E-state index contributed by atoms with van der Waals surface area (Å²) in [5, 5.41) is 5.52. The van der Waals surface area contributed by atoms with Gasteiger partial charge < -0.3 is 15.4 Å². The Kier molecular flexibility index (Phi) is 8.40. The van der Waals surface area contributed by atoms with Crippen molar-refractivity contribution in [3.05, 3.63) is 71.8 Å². The topological polar surface area (TPSA) is 84.5 Å². The maximum atomic E-state index is 12.5. The number of rotatable bonds is 9. The molecule has 0 radical (unpaired) electrons. The highest BCUT2D eigenvalue weighted by atomic mass is 16.5. The third kappa shape index (κ3) is 6.75. The predicted octanol–water partition coefficient (Wildman–Crippen LogP) is 3.39. The molecule has 2 rings (SSSR count). The molecule has 2 amide bonds. The first-order valence-corrected chi connectivity index (χ1v) is 9.84. The van der Waals surface area contributed by atoms with Crippen LogP contribution in [0, 0.1) is 0 Å². The summed E-state index contributed by atoms with van der Waals surface area (Å²) in [5.74, 6) is -1.41. The highest BCUT2D eigenvalue weighted by molar-refractivity contribution is 5.96. The third-order valence-electron chi connectivity index (χ3n) is 4.50. The minimum absolute atomic E-state index is 0.148. The molecule has 29 heavy (non-hydrogen) atoms. The molecule has 6 heteroatoms. The van der Waals surface area contributed by atoms with Crippen molar-refractivity contribution in [2.24, 2.45) is 0 Å². The molecule has 3 atom stereocenters. The van der Waals surface area contributed by atoms with E-state index in [2.05, 4.69) is 10.6 Å². The van der Waals surface area contributed by atoms with Gasteiger partial charge in [0.25, 0.3) is 11.8 Å². The Morgan fingerprint density at radius 2 is 1.48 bits per heavy atom. The molecule has 0 aliphatic heterocycles. The van der Waals surface area contributed by atoms with E-state index in [1.807, 2.05) is 37.3 Å². The number of hydrogen-bond donors (Lipinski definition) is 2. The second-order valence-electron chi connectivity index (χ2n) is 6.90. The van der Waals surface area contributed by atoms with E-state index in [4.69, 9.17) is 4.74 Å². The SMILES string of the molecule is CCCC(NC(=O)C(C)OC(=O)[C@H](C)NC(=O)c1ccccc1)c1ccccc1. The normalized spacial score (nSPS) is 13.6. The van der Waals surface area contributed by atoms with E-state index in [0.717, 1.165) is 18.4 Å². The number of carbonyl (C=O) groups excluding carboxylic acids is 3. The number of nitrogens with one attached hydrogen (secondary N) is 2. The zero-order chi connectivity index (χ0) is 21.2. The fourth-order valence-electron chi connectivity index (χ4n) is 2.84. The van der Waals surface area contributed by atoms with Crippen molar-refractivity contribution >= 4 is 17.8 Å². The average Bonchev–Trinajstić information content (AvgIpc) is 2.74. The van der Waals surface area contributed by atoms with Gasteiger partial charge in [0.05, 0.1) is 6.04 Å². The Labute approximate surface area is 171 Å². The molecule has 0 bridgehead atoms. The molecule has 2 aromatic carbocycles. The van der Waals surface area contributed by atoms with Gasteiger partial charge in [-0.15, -0.1) is 0 Å². The zero-order valence-corrected chi connectivity index (χ0v) is 17.1. The molecular formula is C23H28N2O4. The summed E-state index contributed by atoms with van der Waals surface area (Å²) in [5.41, 5.74) is 1.45. The molecule has 0 heterocycles. The van der Waals surface area contributed by atoms with E-state index in [1.54, 1.807) is 30.3 Å². The van der Waals surface area contributed by atoms with Gasteiger partial charge in [-0.1, -0.05) is 61.9 Å². The number of amides is 2. The monoisotopic (exact) mass is 396 g/mol. The highest BCUT2D eigenvalue weighted by Gasteiger charge is 2.25. The fraction of sp³-hybridized carbons (Fsp3) is 0.348. The molecule has 0 saturated carbocycles. The summed E-state index contributed by atoms with van der Waals surface area (Å²) < 4.78 is 5.26. The first-order valence-electron chi connectivity index (χ1n) is 9.84. The summed E-state index contributed by atoms with van der Waals surface area (Å²) in [6, 6.07) is 17.2. The Morgan fingerprint density at radius 3 is 2.07 bits per heavy atom. The molecule has 2 aromatic rings. The summed E-state index contributed by atoms with van der Waals surface area (Å²) in [7, 11) is 0. The molecule has 0 fully saturated rings. The second-order valence-corrected chi connectivity index (χ2v) is 6.90. The second kappa shape index (κ2) is 11.0. The smallest absolute Gasteiger partial charge is 0.329 e. The van der Waals surface area contributed by atoms with E-state index < -0.39 is 18.1 Å². The van der Waals surface area contributed by atoms with Crippen molar-refractivity contribution in [2.45, 2.75) is 51.8 Å². The highest BCUT2D eigenvalue weighted by Crippen LogP contribution is 2.18. The molecule has 0 aromatic heterocycles. The van der Waals surface area contributed by atoms with Crippen LogP contribution in [-0.4, -0.2) is 29.9 Å². The quantitative estimate of drug-likeness (QED) is 0.636. The van der Waals surface area contributed by atoms with E-state index in [1.165, 1.54) is 13.8 Å². The minimum Gasteiger partial charge on any atom is -0.451 e. The zero-order valence-electron chi connectivity index (χ0n) is 17.1. The van der Waals surface area contributed by atoms with Gasteiger partial charge in [-0.3, -0.25) is 9.59 Å². The van der Waals surface area contributed by atoms with Gasteiger partial charge in [0.15, 0.2) is 6.10 Å². The molecule has 2 unspecified atom stereocenters. The van der Waals surface area contributed by atoms with Crippen LogP contribution in [0.1, 0.15) is 55.6 Å². The van der Waals surface area contributed by atoms with Gasteiger partial charge in [-0.2, -0.15) is 0 Å². The summed E-state index contributed by atoms with van der Waals surface area (Å²) >= 11 is 0. The lowest BCUT2D eigenvalue weighted by Crippen LogP contribution is -2.44. The molecule has 154 valence electrons. The Bertz CT molecular complexity index is 808. The first-order chi connectivity index (χ1) is 13.9. The van der Waals surface area contributed by atoms with E-state index >= 15 is 0 Å². The van der Waals surface area contributed by atoms with Crippen molar-refractivity contribution in [1.82, 2.24) is 10.6 Å². The molecule has 0 spiro atoms. The molecule has 0 aliphatic rings. The standard InChI is InChI=1S/C23H28N2O4/c1-4-11-20(18-12-7-5-8-13-18)25-21(26)17(3)29-23(28)16(2)24-22(27)19-14-9-6-10-15-19/h5-10,12-17,20H,4,11H2,1-3H3,(H,24,27)(H,25,26)/t16-,17?,20?/m0/s1. The molecule has 2 N–H and O–H groups in total. The number of ether oxygens (including phenoxy) is 1. The van der Waals surface area contributed by atoms with Crippen LogP contribution in [0.15, 0.2) is 60.7 Å². The van der Waals surface area contributed by atoms with Crippen LogP contribution in [0.5, 0.6) is 0 Å². The number of hydrogen-bond acceptors (Lipinski definition) is 4. The fourth-order valence-corrected chi connectivity index (χ4v) is 2.84. The lowest BCUT2D eigenvalue weighted by Gasteiger charge is -2.22. The lowest BCUT2D eigenvalue weighted by atomic mass is 10.0. The molecule has 0 saturated heterocycles. The van der Waals surface area contributed by atoms with Crippen molar-refractivity contribution in [3.63, 3.8) is 0 Å². The number of esters is 1. The minimum atomic E-state index is -0.971. The Hall–Kier alpha value is -3.15. The molecular weight excluding hydrogens is 368 g/mol. The maximum absolute atomic E-state index is 12.5. The van der Waals surface area contributed by atoms with E-state index in [-0.39, 0.29) is 17.9 Å². The Balaban J connectivity index is 1.90. The first kappa shape index (κ1) is 22.1. The van der Waals surface area contributed by atoms with Crippen LogP contribution < -0.4 is 10.6 Å². The summed E-state index contributed by atoms with van der Waals surface area (Å²) in [6.45, 7) is 5.09. The molecule has 0 aliphatic carbocycles. The van der Waals surface area contributed by atoms with Crippen LogP contribution in [0.3, 0.4) is 0 Å². The van der Waals surface area contributed by atoms with Gasteiger partial charge in [0.2, 0.25) is 0 Å². The summed E-state index contributed by atoms with van der Waals surface area (Å²) in [4.78, 5) is 37.0. The molecule has 6 nitrogen and oxygen atoms in total. The average molecular weight is 396 g/mol. The lowest BCUT2D eigenvalue weighted by molar-refractivity contribution is -0.156. The van der Waals surface area contributed by atoms with Crippen LogP contribution in [0.4, 0.5) is 0 Å². The van der Waals surface area contributed by atoms with Crippen LogP contribution in [0.25, 0.3) is 0 Å². The van der Waals surface area contributed by atoms with Crippen molar-refractivity contribution in [2.75, 3.05) is 0 Å². The van der Waals surface area contributed by atoms with Gasteiger partial charge >= 0.3 is 5.97 Å². The van der Waals surface area contributed by atoms with Crippen LogP contribution in [0.2, 0.25) is 0 Å². The predicted molar refractivity (Wildman–Crippen MR) is 111 cm³/mol. The van der Waals surface area contributed by atoms with Crippen molar-refractivity contribution in [1.29, 1.82) is 0 Å². The van der Waals surface area contributed by atoms with Crippen molar-refractivity contribution < 1.29 is 19.1 Å². The van der Waals surface area contributed by atoms with Gasteiger partial charge in [0, 0.05) is 5.56 Å². The van der Waals surface area contributed by atoms with Crippen LogP contribution in [-0.2, 0) is 14.3 Å². The van der Waals surface area contributed by atoms with Gasteiger partial charge in [-0.05, 0) is 38.0 Å². The summed E-state index contributed by atoms with van der Waals surface area (Å²) in [6.07, 6.45) is 0.706. The Morgan fingerprint density at radius 1 is 0.897 bits per heavy atom. The van der Waals surface area contributed by atoms with Crippen LogP contribution >= 0.6 is 0 Å². The van der Waals surface area contributed by atoms with Gasteiger partial charge in [-0.25, -0.2) is 4.79 Å². The maximum Gasteiger partial charge on any atom is 0.329 e. The number of benzene rings is 2. The van der Waals surface area contributed by atoms with Gasteiger partial charge in [0.1, 0.15) is 6.04 Å².